The standard InChI is InChI=1S/C12H21NO4/c1-9(14)7-12(16)5-6-13(8-12)10(15)17-11(2,3)4/h16H,5-8H2,1-4H3. The van der Waals surface area contributed by atoms with E-state index in [0.29, 0.717) is 13.0 Å². The number of carbonyl (C=O) groups is 2. The zero-order valence-electron chi connectivity index (χ0n) is 10.9. The maximum atomic E-state index is 11.7. The maximum absolute atomic E-state index is 11.7. The van der Waals surface area contributed by atoms with Gasteiger partial charge in [0.05, 0.1) is 12.1 Å². The molecule has 0 radical (unpaired) electrons. The third-order valence-corrected chi connectivity index (χ3v) is 2.56. The van der Waals surface area contributed by atoms with Gasteiger partial charge in [-0.05, 0) is 34.1 Å². The first-order valence-corrected chi connectivity index (χ1v) is 5.81. The predicted molar refractivity (Wildman–Crippen MR) is 62.7 cm³/mol. The number of aliphatic hydroxyl groups is 1. The second-order valence-corrected chi connectivity index (χ2v) is 5.76. The fourth-order valence-corrected chi connectivity index (χ4v) is 1.95. The van der Waals surface area contributed by atoms with Gasteiger partial charge in [0.15, 0.2) is 0 Å². The summed E-state index contributed by atoms with van der Waals surface area (Å²) < 4.78 is 5.21. The Morgan fingerprint density at radius 1 is 1.41 bits per heavy atom. The normalized spacial score (nSPS) is 24.9. The molecule has 1 unspecified atom stereocenters. The van der Waals surface area contributed by atoms with Gasteiger partial charge < -0.3 is 14.7 Å². The quantitative estimate of drug-likeness (QED) is 0.794. The molecule has 1 fully saturated rings. The number of hydrogen-bond donors (Lipinski definition) is 1. The van der Waals surface area contributed by atoms with Crippen LogP contribution in [0.3, 0.4) is 0 Å². The molecular formula is C12H21NO4. The van der Waals surface area contributed by atoms with Gasteiger partial charge in [-0.25, -0.2) is 4.79 Å². The summed E-state index contributed by atoms with van der Waals surface area (Å²) >= 11 is 0. The lowest BCUT2D eigenvalue weighted by atomic mass is 9.97. The van der Waals surface area contributed by atoms with Crippen molar-refractivity contribution >= 4 is 11.9 Å². The van der Waals surface area contributed by atoms with E-state index in [0.717, 1.165) is 0 Å². The zero-order chi connectivity index (χ0) is 13.3. The van der Waals surface area contributed by atoms with Crippen molar-refractivity contribution in [3.8, 4) is 0 Å². The summed E-state index contributed by atoms with van der Waals surface area (Å²) in [6.07, 6.45) is 0.0787. The van der Waals surface area contributed by atoms with Crippen LogP contribution in [-0.4, -0.2) is 46.2 Å². The minimum absolute atomic E-state index is 0.0708. The number of nitrogens with zero attached hydrogens (tertiary/aromatic N) is 1. The molecule has 1 N–H and O–H groups in total. The Bertz CT molecular complexity index is 321. The molecule has 1 aliphatic heterocycles. The fraction of sp³-hybridized carbons (Fsp3) is 0.833. The van der Waals surface area contributed by atoms with Gasteiger partial charge in [-0.3, -0.25) is 4.79 Å². The van der Waals surface area contributed by atoms with E-state index in [1.807, 2.05) is 0 Å². The molecule has 5 heteroatoms. The third kappa shape index (κ3) is 4.34. The molecular weight excluding hydrogens is 222 g/mol. The lowest BCUT2D eigenvalue weighted by Crippen LogP contribution is -2.39. The highest BCUT2D eigenvalue weighted by Gasteiger charge is 2.40. The average molecular weight is 243 g/mol. The van der Waals surface area contributed by atoms with Crippen LogP contribution in [0.25, 0.3) is 0 Å². The minimum Gasteiger partial charge on any atom is -0.444 e. The van der Waals surface area contributed by atoms with Crippen LogP contribution in [0.15, 0.2) is 0 Å². The lowest BCUT2D eigenvalue weighted by Gasteiger charge is -2.26. The van der Waals surface area contributed by atoms with Gasteiger partial charge in [-0.1, -0.05) is 0 Å². The summed E-state index contributed by atoms with van der Waals surface area (Å²) in [4.78, 5) is 24.2. The average Bonchev–Trinajstić information content (AvgIpc) is 2.43. The van der Waals surface area contributed by atoms with Gasteiger partial charge >= 0.3 is 6.09 Å². The first kappa shape index (κ1) is 14.0. The molecule has 1 aliphatic rings. The first-order valence-electron chi connectivity index (χ1n) is 5.81. The predicted octanol–water partition coefficient (Wildman–Crippen LogP) is 1.34. The Morgan fingerprint density at radius 3 is 2.47 bits per heavy atom. The summed E-state index contributed by atoms with van der Waals surface area (Å²) in [5, 5.41) is 10.1. The third-order valence-electron chi connectivity index (χ3n) is 2.56. The maximum Gasteiger partial charge on any atom is 0.410 e. The molecule has 0 saturated carbocycles. The Hall–Kier alpha value is -1.10. The highest BCUT2D eigenvalue weighted by atomic mass is 16.6. The van der Waals surface area contributed by atoms with Crippen molar-refractivity contribution in [2.45, 2.75) is 51.7 Å². The molecule has 1 saturated heterocycles. The molecule has 0 bridgehead atoms. The molecule has 17 heavy (non-hydrogen) atoms. The van der Waals surface area contributed by atoms with Gasteiger partial charge in [0.1, 0.15) is 11.4 Å². The summed E-state index contributed by atoms with van der Waals surface area (Å²) in [5.74, 6) is -0.0708. The van der Waals surface area contributed by atoms with Crippen molar-refractivity contribution in [2.24, 2.45) is 0 Å². The molecule has 0 aliphatic carbocycles. The molecule has 0 spiro atoms. The number of hydrogen-bond acceptors (Lipinski definition) is 4. The number of likely N-dealkylation sites (tertiary alicyclic amines) is 1. The highest BCUT2D eigenvalue weighted by molar-refractivity contribution is 5.77. The molecule has 98 valence electrons. The smallest absolute Gasteiger partial charge is 0.410 e. The van der Waals surface area contributed by atoms with E-state index in [-0.39, 0.29) is 18.7 Å². The van der Waals surface area contributed by atoms with E-state index < -0.39 is 17.3 Å². The zero-order valence-corrected chi connectivity index (χ0v) is 10.9. The van der Waals surface area contributed by atoms with Gasteiger partial charge in [-0.15, -0.1) is 0 Å². The molecule has 1 heterocycles. The van der Waals surface area contributed by atoms with Crippen LogP contribution in [0.2, 0.25) is 0 Å². The SMILES string of the molecule is CC(=O)CC1(O)CCN(C(=O)OC(C)(C)C)C1. The largest absolute Gasteiger partial charge is 0.444 e. The number of β-amino-alcohol motifs (C(OH)–C–C–N with tert-alkyl or cyclic N) is 1. The number of amides is 1. The summed E-state index contributed by atoms with van der Waals surface area (Å²) in [5.41, 5.74) is -1.62. The van der Waals surface area contributed by atoms with Crippen LogP contribution in [0.5, 0.6) is 0 Å². The van der Waals surface area contributed by atoms with E-state index >= 15 is 0 Å². The molecule has 5 nitrogen and oxygen atoms in total. The highest BCUT2D eigenvalue weighted by Crippen LogP contribution is 2.26. The molecule has 1 rings (SSSR count). The van der Waals surface area contributed by atoms with E-state index in [1.165, 1.54) is 11.8 Å². The Labute approximate surface area is 102 Å². The Balaban J connectivity index is 2.55. The molecule has 0 aromatic heterocycles. The number of ether oxygens (including phenoxy) is 1. The molecule has 0 aromatic carbocycles. The summed E-state index contributed by atoms with van der Waals surface area (Å²) in [6.45, 7) is 7.42. The monoisotopic (exact) mass is 243 g/mol. The van der Waals surface area contributed by atoms with Crippen molar-refractivity contribution in [1.29, 1.82) is 0 Å². The van der Waals surface area contributed by atoms with Gasteiger partial charge in [0, 0.05) is 13.0 Å². The summed E-state index contributed by atoms with van der Waals surface area (Å²) in [7, 11) is 0. The minimum atomic E-state index is -1.08. The molecule has 1 amide bonds. The van der Waals surface area contributed by atoms with E-state index in [1.54, 1.807) is 20.8 Å². The fourth-order valence-electron chi connectivity index (χ4n) is 1.95. The topological polar surface area (TPSA) is 66.8 Å². The van der Waals surface area contributed by atoms with Crippen molar-refractivity contribution in [2.75, 3.05) is 13.1 Å². The van der Waals surface area contributed by atoms with Crippen LogP contribution < -0.4 is 0 Å². The molecule has 1 atom stereocenters. The molecule has 0 aromatic rings. The van der Waals surface area contributed by atoms with Crippen LogP contribution in [0.1, 0.15) is 40.5 Å². The lowest BCUT2D eigenvalue weighted by molar-refractivity contribution is -0.121. The number of ketones is 1. The van der Waals surface area contributed by atoms with Crippen molar-refractivity contribution in [1.82, 2.24) is 4.90 Å². The van der Waals surface area contributed by atoms with Crippen molar-refractivity contribution in [3.05, 3.63) is 0 Å². The van der Waals surface area contributed by atoms with E-state index in [4.69, 9.17) is 4.74 Å². The Kier molecular flexibility index (Phi) is 3.81. The summed E-state index contributed by atoms with van der Waals surface area (Å²) in [6, 6.07) is 0. The second-order valence-electron chi connectivity index (χ2n) is 5.76. The second kappa shape index (κ2) is 4.64. The van der Waals surface area contributed by atoms with E-state index in [9.17, 15) is 14.7 Å². The van der Waals surface area contributed by atoms with Crippen LogP contribution in [-0.2, 0) is 9.53 Å². The van der Waals surface area contributed by atoms with Gasteiger partial charge in [0.25, 0.3) is 0 Å². The van der Waals surface area contributed by atoms with Crippen LogP contribution in [0.4, 0.5) is 4.79 Å². The number of Topliss-reactive ketones (excluding diaryl/α,β-unsaturated/α-hetero) is 1. The van der Waals surface area contributed by atoms with Crippen LogP contribution >= 0.6 is 0 Å². The number of carbonyl (C=O) groups excluding carboxylic acids is 2. The van der Waals surface area contributed by atoms with Crippen LogP contribution in [0, 0.1) is 0 Å². The number of rotatable bonds is 2. The first-order chi connectivity index (χ1) is 7.61. The van der Waals surface area contributed by atoms with Gasteiger partial charge in [-0.2, -0.15) is 0 Å². The van der Waals surface area contributed by atoms with Crippen molar-refractivity contribution < 1.29 is 19.4 Å². The van der Waals surface area contributed by atoms with E-state index in [2.05, 4.69) is 0 Å². The Morgan fingerprint density at radius 2 is 2.00 bits per heavy atom. The van der Waals surface area contributed by atoms with Crippen molar-refractivity contribution in [3.63, 3.8) is 0 Å². The van der Waals surface area contributed by atoms with Gasteiger partial charge in [0.2, 0.25) is 0 Å².